The van der Waals surface area contributed by atoms with Crippen molar-refractivity contribution in [2.75, 3.05) is 0 Å². The lowest BCUT2D eigenvalue weighted by Crippen LogP contribution is -2.09. The molecule has 0 N–H and O–H groups in total. The maximum atomic E-state index is 12.4. The Morgan fingerprint density at radius 2 is 2.00 bits per heavy atom. The van der Waals surface area contributed by atoms with Gasteiger partial charge in [-0.1, -0.05) is 0 Å². The first-order valence-electron chi connectivity index (χ1n) is 4.11. The first kappa shape index (κ1) is 10.9. The monoisotopic (exact) mass is 248 g/mol. The summed E-state index contributed by atoms with van der Waals surface area (Å²) in [4.78, 5) is 6.80. The van der Waals surface area contributed by atoms with Gasteiger partial charge in [0.1, 0.15) is 5.69 Å². The topological polar surface area (TPSA) is 38.9 Å². The van der Waals surface area contributed by atoms with Gasteiger partial charge in [0.25, 0.3) is 0 Å². The molecule has 84 valence electrons. The molecule has 0 unspecified atom stereocenters. The van der Waals surface area contributed by atoms with Crippen LogP contribution in [-0.4, -0.2) is 9.97 Å². The highest BCUT2D eigenvalue weighted by molar-refractivity contribution is 6.28. The van der Waals surface area contributed by atoms with Gasteiger partial charge in [0.2, 0.25) is 5.28 Å². The number of rotatable bonds is 1. The van der Waals surface area contributed by atoms with Crippen molar-refractivity contribution in [3.8, 4) is 11.3 Å². The van der Waals surface area contributed by atoms with E-state index in [4.69, 9.17) is 16.0 Å². The van der Waals surface area contributed by atoms with E-state index in [1.165, 1.54) is 18.6 Å². The van der Waals surface area contributed by atoms with Gasteiger partial charge < -0.3 is 4.42 Å². The molecule has 0 bridgehead atoms. The molecular weight excluding hydrogens is 245 g/mol. The Labute approximate surface area is 92.9 Å². The molecule has 2 aromatic heterocycles. The van der Waals surface area contributed by atoms with Crippen LogP contribution in [0.3, 0.4) is 0 Å². The molecule has 0 aromatic carbocycles. The lowest BCUT2D eigenvalue weighted by molar-refractivity contribution is -0.141. The first-order valence-corrected chi connectivity index (χ1v) is 4.49. The molecule has 0 aliphatic heterocycles. The van der Waals surface area contributed by atoms with Crippen LogP contribution in [0.2, 0.25) is 5.28 Å². The van der Waals surface area contributed by atoms with Crippen molar-refractivity contribution in [3.05, 3.63) is 35.6 Å². The summed E-state index contributed by atoms with van der Waals surface area (Å²) in [6.07, 6.45) is -1.94. The molecule has 2 aromatic rings. The second-order valence-corrected chi connectivity index (χ2v) is 3.26. The SMILES string of the molecule is FC(F)(F)c1cc(-c2ccoc2)nc(Cl)n1. The van der Waals surface area contributed by atoms with E-state index in [0.29, 0.717) is 5.56 Å². The Morgan fingerprint density at radius 3 is 2.56 bits per heavy atom. The number of hydrogen-bond acceptors (Lipinski definition) is 3. The molecule has 0 aliphatic rings. The van der Waals surface area contributed by atoms with E-state index in [0.717, 1.165) is 6.07 Å². The summed E-state index contributed by atoms with van der Waals surface area (Å²) in [5.41, 5.74) is -0.598. The molecule has 3 nitrogen and oxygen atoms in total. The van der Waals surface area contributed by atoms with Gasteiger partial charge >= 0.3 is 6.18 Å². The fourth-order valence-electron chi connectivity index (χ4n) is 1.12. The van der Waals surface area contributed by atoms with Crippen LogP contribution >= 0.6 is 11.6 Å². The molecular formula is C9H4ClF3N2O. The summed E-state index contributed by atoms with van der Waals surface area (Å²) >= 11 is 5.42. The van der Waals surface area contributed by atoms with Crippen LogP contribution in [0.25, 0.3) is 11.3 Å². The van der Waals surface area contributed by atoms with Crippen LogP contribution in [0, 0.1) is 0 Å². The third-order valence-corrected chi connectivity index (χ3v) is 1.98. The van der Waals surface area contributed by atoms with Crippen molar-refractivity contribution in [2.24, 2.45) is 0 Å². The number of aromatic nitrogens is 2. The van der Waals surface area contributed by atoms with Crippen molar-refractivity contribution in [2.45, 2.75) is 6.18 Å². The Morgan fingerprint density at radius 1 is 1.25 bits per heavy atom. The van der Waals surface area contributed by atoms with Gasteiger partial charge in [0.15, 0.2) is 0 Å². The molecule has 0 radical (unpaired) electrons. The zero-order chi connectivity index (χ0) is 11.8. The predicted octanol–water partition coefficient (Wildman–Crippen LogP) is 3.41. The van der Waals surface area contributed by atoms with Gasteiger partial charge in [-0.2, -0.15) is 13.2 Å². The van der Waals surface area contributed by atoms with Gasteiger partial charge in [-0.05, 0) is 23.7 Å². The minimum Gasteiger partial charge on any atom is -0.472 e. The molecule has 2 heterocycles. The number of nitrogens with zero attached hydrogens (tertiary/aromatic N) is 2. The van der Waals surface area contributed by atoms with E-state index in [1.807, 2.05) is 0 Å². The molecule has 0 fully saturated rings. The van der Waals surface area contributed by atoms with Crippen molar-refractivity contribution >= 4 is 11.6 Å². The Bertz CT molecular complexity index is 496. The molecule has 0 saturated carbocycles. The maximum Gasteiger partial charge on any atom is 0.433 e. The number of alkyl halides is 3. The van der Waals surface area contributed by atoms with E-state index in [2.05, 4.69) is 9.97 Å². The van der Waals surface area contributed by atoms with E-state index in [9.17, 15) is 13.2 Å². The predicted molar refractivity (Wildman–Crippen MR) is 49.7 cm³/mol. The number of halogens is 4. The second kappa shape index (κ2) is 3.79. The van der Waals surface area contributed by atoms with Gasteiger partial charge in [0, 0.05) is 5.56 Å². The third-order valence-electron chi connectivity index (χ3n) is 1.81. The summed E-state index contributed by atoms with van der Waals surface area (Å²) in [7, 11) is 0. The third kappa shape index (κ3) is 2.16. The average Bonchev–Trinajstić information content (AvgIpc) is 2.68. The lowest BCUT2D eigenvalue weighted by atomic mass is 10.2. The molecule has 0 saturated heterocycles. The maximum absolute atomic E-state index is 12.4. The highest BCUT2D eigenvalue weighted by Gasteiger charge is 2.33. The average molecular weight is 249 g/mol. The van der Waals surface area contributed by atoms with Crippen molar-refractivity contribution < 1.29 is 17.6 Å². The van der Waals surface area contributed by atoms with Crippen molar-refractivity contribution in [1.29, 1.82) is 0 Å². The molecule has 0 amide bonds. The van der Waals surface area contributed by atoms with Gasteiger partial charge in [0.05, 0.1) is 18.2 Å². The van der Waals surface area contributed by atoms with Crippen molar-refractivity contribution in [1.82, 2.24) is 9.97 Å². The van der Waals surface area contributed by atoms with E-state index in [-0.39, 0.29) is 5.69 Å². The van der Waals surface area contributed by atoms with Gasteiger partial charge in [-0.25, -0.2) is 9.97 Å². The Balaban J connectivity index is 2.53. The fourth-order valence-corrected chi connectivity index (χ4v) is 1.30. The minimum absolute atomic E-state index is 0.0704. The van der Waals surface area contributed by atoms with E-state index < -0.39 is 17.2 Å². The van der Waals surface area contributed by atoms with E-state index in [1.54, 1.807) is 0 Å². The molecule has 0 atom stereocenters. The van der Waals surface area contributed by atoms with Crippen molar-refractivity contribution in [3.63, 3.8) is 0 Å². The number of furan rings is 1. The van der Waals surface area contributed by atoms with Crippen LogP contribution in [0.4, 0.5) is 13.2 Å². The van der Waals surface area contributed by atoms with E-state index >= 15 is 0 Å². The summed E-state index contributed by atoms with van der Waals surface area (Å²) in [5.74, 6) is 0. The van der Waals surface area contributed by atoms with Crippen LogP contribution in [0.15, 0.2) is 29.1 Å². The highest BCUT2D eigenvalue weighted by Crippen LogP contribution is 2.30. The van der Waals surface area contributed by atoms with Gasteiger partial charge in [-0.3, -0.25) is 0 Å². The zero-order valence-electron chi connectivity index (χ0n) is 7.62. The molecule has 2 rings (SSSR count). The summed E-state index contributed by atoms with van der Waals surface area (Å²) in [5, 5.41) is -0.453. The Hall–Kier alpha value is -1.56. The van der Waals surface area contributed by atoms with Crippen LogP contribution in [0.5, 0.6) is 0 Å². The fraction of sp³-hybridized carbons (Fsp3) is 0.111. The summed E-state index contributed by atoms with van der Waals surface area (Å²) < 4.78 is 42.0. The summed E-state index contributed by atoms with van der Waals surface area (Å²) in [6.45, 7) is 0. The van der Waals surface area contributed by atoms with Crippen LogP contribution in [-0.2, 0) is 6.18 Å². The normalized spacial score (nSPS) is 11.8. The highest BCUT2D eigenvalue weighted by atomic mass is 35.5. The minimum atomic E-state index is -4.55. The molecule has 7 heteroatoms. The molecule has 16 heavy (non-hydrogen) atoms. The first-order chi connectivity index (χ1) is 7.47. The Kier molecular flexibility index (Phi) is 2.59. The van der Waals surface area contributed by atoms with Crippen LogP contribution in [0.1, 0.15) is 5.69 Å². The number of hydrogen-bond donors (Lipinski definition) is 0. The zero-order valence-corrected chi connectivity index (χ0v) is 8.38. The standard InChI is InChI=1S/C9H4ClF3N2O/c10-8-14-6(5-1-2-16-4-5)3-7(15-8)9(11,12)13/h1-4H. The lowest BCUT2D eigenvalue weighted by Gasteiger charge is -2.06. The molecule has 0 spiro atoms. The summed E-state index contributed by atoms with van der Waals surface area (Å²) in [6, 6.07) is 2.30. The molecule has 0 aliphatic carbocycles. The largest absolute Gasteiger partial charge is 0.472 e. The quantitative estimate of drug-likeness (QED) is 0.726. The van der Waals surface area contributed by atoms with Crippen LogP contribution < -0.4 is 0 Å². The smallest absolute Gasteiger partial charge is 0.433 e. The van der Waals surface area contributed by atoms with Gasteiger partial charge in [-0.15, -0.1) is 0 Å². The second-order valence-electron chi connectivity index (χ2n) is 2.92.